The number of carbonyl (C=O) groups excluding carboxylic acids is 1. The number of hydrogen-bond acceptors (Lipinski definition) is 1. The third-order valence-electron chi connectivity index (χ3n) is 2.66. The fourth-order valence-corrected chi connectivity index (χ4v) is 1.75. The molecule has 1 aliphatic rings. The van der Waals surface area contributed by atoms with Crippen LogP contribution in [-0.2, 0) is 4.79 Å². The largest absolute Gasteiger partial charge is 0.299 e. The summed E-state index contributed by atoms with van der Waals surface area (Å²) >= 11 is 0. The molecule has 0 aliphatic heterocycles. The maximum absolute atomic E-state index is 11.1. The van der Waals surface area contributed by atoms with Gasteiger partial charge in [-0.05, 0) is 32.1 Å². The Kier molecular flexibility index (Phi) is 3.07. The minimum atomic E-state index is 0.219. The van der Waals surface area contributed by atoms with Gasteiger partial charge in [0.15, 0.2) is 0 Å². The molecule has 0 spiro atoms. The van der Waals surface area contributed by atoms with Gasteiger partial charge in [-0.2, -0.15) is 0 Å². The SMILES string of the molecule is CC(=O)C1C=C(C(C)C)CCC1. The van der Waals surface area contributed by atoms with Crippen molar-refractivity contribution in [1.29, 1.82) is 0 Å². The number of hydrogen-bond donors (Lipinski definition) is 0. The quantitative estimate of drug-likeness (QED) is 0.576. The lowest BCUT2D eigenvalue weighted by Gasteiger charge is -2.21. The first kappa shape index (κ1) is 9.50. The van der Waals surface area contributed by atoms with E-state index < -0.39 is 0 Å². The first-order chi connectivity index (χ1) is 5.61. The molecular formula is C11H18O. The average molecular weight is 166 g/mol. The standard InChI is InChI=1S/C11H18O/c1-8(2)10-5-4-6-11(7-10)9(3)12/h7-8,11H,4-6H2,1-3H3. The summed E-state index contributed by atoms with van der Waals surface area (Å²) in [5.74, 6) is 1.16. The van der Waals surface area contributed by atoms with Gasteiger partial charge < -0.3 is 0 Å². The van der Waals surface area contributed by atoms with Crippen LogP contribution in [0, 0.1) is 11.8 Å². The van der Waals surface area contributed by atoms with Gasteiger partial charge in [-0.3, -0.25) is 4.79 Å². The van der Waals surface area contributed by atoms with Crippen LogP contribution in [0.5, 0.6) is 0 Å². The Balaban J connectivity index is 2.69. The normalized spacial score (nSPS) is 24.0. The van der Waals surface area contributed by atoms with Gasteiger partial charge in [0.05, 0.1) is 0 Å². The maximum Gasteiger partial charge on any atom is 0.136 e. The smallest absolute Gasteiger partial charge is 0.136 e. The zero-order valence-electron chi connectivity index (χ0n) is 8.26. The van der Waals surface area contributed by atoms with E-state index in [1.807, 2.05) is 0 Å². The molecule has 12 heavy (non-hydrogen) atoms. The first-order valence-electron chi connectivity index (χ1n) is 4.82. The van der Waals surface area contributed by atoms with Crippen LogP contribution in [0.3, 0.4) is 0 Å². The highest BCUT2D eigenvalue weighted by molar-refractivity contribution is 5.80. The van der Waals surface area contributed by atoms with Gasteiger partial charge in [0.1, 0.15) is 5.78 Å². The molecule has 0 aromatic rings. The van der Waals surface area contributed by atoms with Crippen molar-refractivity contribution in [2.45, 2.75) is 40.0 Å². The minimum Gasteiger partial charge on any atom is -0.299 e. The van der Waals surface area contributed by atoms with Crippen molar-refractivity contribution in [2.24, 2.45) is 11.8 Å². The van der Waals surface area contributed by atoms with E-state index in [2.05, 4.69) is 19.9 Å². The van der Waals surface area contributed by atoms with Crippen LogP contribution >= 0.6 is 0 Å². The third kappa shape index (κ3) is 2.20. The van der Waals surface area contributed by atoms with E-state index in [0.29, 0.717) is 11.7 Å². The Morgan fingerprint density at radius 1 is 1.58 bits per heavy atom. The molecule has 0 fully saturated rings. The topological polar surface area (TPSA) is 17.1 Å². The monoisotopic (exact) mass is 166 g/mol. The fraction of sp³-hybridized carbons (Fsp3) is 0.727. The van der Waals surface area contributed by atoms with Crippen LogP contribution in [0.2, 0.25) is 0 Å². The summed E-state index contributed by atoms with van der Waals surface area (Å²) in [5.41, 5.74) is 1.47. The Morgan fingerprint density at radius 2 is 2.25 bits per heavy atom. The van der Waals surface area contributed by atoms with Gasteiger partial charge in [-0.1, -0.05) is 25.5 Å². The predicted octanol–water partition coefficient (Wildman–Crippen LogP) is 2.96. The molecule has 1 heteroatoms. The van der Waals surface area contributed by atoms with Gasteiger partial charge >= 0.3 is 0 Å². The van der Waals surface area contributed by atoms with Crippen molar-refractivity contribution in [2.75, 3.05) is 0 Å². The number of Topliss-reactive ketones (excluding diaryl/α,β-unsaturated/α-hetero) is 1. The van der Waals surface area contributed by atoms with Gasteiger partial charge in [0.2, 0.25) is 0 Å². The first-order valence-corrected chi connectivity index (χ1v) is 4.82. The molecule has 1 nitrogen and oxygen atoms in total. The second kappa shape index (κ2) is 3.88. The highest BCUT2D eigenvalue weighted by Gasteiger charge is 2.18. The Morgan fingerprint density at radius 3 is 2.75 bits per heavy atom. The van der Waals surface area contributed by atoms with Crippen molar-refractivity contribution in [3.63, 3.8) is 0 Å². The van der Waals surface area contributed by atoms with E-state index >= 15 is 0 Å². The molecule has 68 valence electrons. The molecule has 0 N–H and O–H groups in total. The lowest BCUT2D eigenvalue weighted by Crippen LogP contribution is -2.14. The second-order valence-electron chi connectivity index (χ2n) is 4.01. The lowest BCUT2D eigenvalue weighted by atomic mass is 9.84. The third-order valence-corrected chi connectivity index (χ3v) is 2.66. The van der Waals surface area contributed by atoms with Crippen LogP contribution in [0.25, 0.3) is 0 Å². The van der Waals surface area contributed by atoms with Crippen molar-refractivity contribution in [3.8, 4) is 0 Å². The molecule has 0 aromatic carbocycles. The molecule has 0 radical (unpaired) electrons. The maximum atomic E-state index is 11.1. The Bertz CT molecular complexity index is 201. The van der Waals surface area contributed by atoms with Crippen LogP contribution in [-0.4, -0.2) is 5.78 Å². The molecule has 1 rings (SSSR count). The highest BCUT2D eigenvalue weighted by Crippen LogP contribution is 2.27. The second-order valence-corrected chi connectivity index (χ2v) is 4.01. The predicted molar refractivity (Wildman–Crippen MR) is 50.9 cm³/mol. The van der Waals surface area contributed by atoms with Gasteiger partial charge in [0, 0.05) is 5.92 Å². The summed E-state index contributed by atoms with van der Waals surface area (Å²) in [6, 6.07) is 0. The molecule has 1 aliphatic carbocycles. The summed E-state index contributed by atoms with van der Waals surface area (Å²) in [4.78, 5) is 11.1. The average Bonchev–Trinajstić information content (AvgIpc) is 2.04. The van der Waals surface area contributed by atoms with Crippen LogP contribution in [0.15, 0.2) is 11.6 Å². The Hall–Kier alpha value is -0.590. The lowest BCUT2D eigenvalue weighted by molar-refractivity contribution is -0.119. The molecule has 0 aromatic heterocycles. The molecule has 0 heterocycles. The van der Waals surface area contributed by atoms with E-state index in [1.165, 1.54) is 18.4 Å². The van der Waals surface area contributed by atoms with Gasteiger partial charge in [0.25, 0.3) is 0 Å². The molecule has 1 atom stereocenters. The number of ketones is 1. The zero-order chi connectivity index (χ0) is 9.14. The summed E-state index contributed by atoms with van der Waals surface area (Å²) < 4.78 is 0. The summed E-state index contributed by atoms with van der Waals surface area (Å²) in [5, 5.41) is 0. The minimum absolute atomic E-state index is 0.219. The highest BCUT2D eigenvalue weighted by atomic mass is 16.1. The van der Waals surface area contributed by atoms with Crippen molar-refractivity contribution >= 4 is 5.78 Å². The number of carbonyl (C=O) groups is 1. The van der Waals surface area contributed by atoms with E-state index in [9.17, 15) is 4.79 Å². The van der Waals surface area contributed by atoms with Crippen molar-refractivity contribution in [1.82, 2.24) is 0 Å². The molecule has 0 saturated carbocycles. The van der Waals surface area contributed by atoms with Gasteiger partial charge in [-0.15, -0.1) is 0 Å². The molecular weight excluding hydrogens is 148 g/mol. The summed E-state index contributed by atoms with van der Waals surface area (Å²) in [6.07, 6.45) is 5.64. The van der Waals surface area contributed by atoms with Crippen LogP contribution < -0.4 is 0 Å². The molecule has 0 amide bonds. The molecule has 0 saturated heterocycles. The van der Waals surface area contributed by atoms with E-state index in [1.54, 1.807) is 6.92 Å². The number of rotatable bonds is 2. The summed E-state index contributed by atoms with van der Waals surface area (Å²) in [6.45, 7) is 6.10. The molecule has 0 bridgehead atoms. The van der Waals surface area contributed by atoms with Gasteiger partial charge in [-0.25, -0.2) is 0 Å². The van der Waals surface area contributed by atoms with Crippen molar-refractivity contribution < 1.29 is 4.79 Å². The summed E-state index contributed by atoms with van der Waals surface area (Å²) in [7, 11) is 0. The van der Waals surface area contributed by atoms with Crippen LogP contribution in [0.4, 0.5) is 0 Å². The Labute approximate surface area is 74.9 Å². The van der Waals surface area contributed by atoms with E-state index in [-0.39, 0.29) is 5.92 Å². The number of allylic oxidation sites excluding steroid dienone is 2. The van der Waals surface area contributed by atoms with E-state index in [0.717, 1.165) is 6.42 Å². The fourth-order valence-electron chi connectivity index (χ4n) is 1.75. The zero-order valence-corrected chi connectivity index (χ0v) is 8.26. The van der Waals surface area contributed by atoms with Crippen LogP contribution in [0.1, 0.15) is 40.0 Å². The van der Waals surface area contributed by atoms with Crippen molar-refractivity contribution in [3.05, 3.63) is 11.6 Å². The molecule has 1 unspecified atom stereocenters. The van der Waals surface area contributed by atoms with E-state index in [4.69, 9.17) is 0 Å².